The molecule has 3 atom stereocenters. The smallest absolute Gasteiger partial charge is 0.328 e. The number of phenolic OH excluding ortho intramolecular Hbond substituents is 1. The summed E-state index contributed by atoms with van der Waals surface area (Å²) in [4.78, 5) is 39.2. The van der Waals surface area contributed by atoms with Crippen LogP contribution in [0.5, 0.6) is 11.5 Å². The van der Waals surface area contributed by atoms with Crippen molar-refractivity contribution in [3.05, 3.63) is 65.7 Å². The highest BCUT2D eigenvalue weighted by molar-refractivity contribution is 6.09. The fourth-order valence-corrected chi connectivity index (χ4v) is 8.30. The Balaban J connectivity index is 1.19. The molecule has 4 fully saturated rings. The van der Waals surface area contributed by atoms with Crippen molar-refractivity contribution in [3.63, 3.8) is 0 Å². The maximum atomic E-state index is 14.6. The number of fused-ring (bicyclic) bond motifs is 1. The molecule has 250 valence electrons. The third kappa shape index (κ3) is 5.60. The first-order valence-electron chi connectivity index (χ1n) is 17.1. The number of hydrogen-bond donors (Lipinski definition) is 1. The summed E-state index contributed by atoms with van der Waals surface area (Å²) >= 11 is 0. The van der Waals surface area contributed by atoms with E-state index in [0.29, 0.717) is 58.3 Å². The topological polar surface area (TPSA) is 89.0 Å². The zero-order chi connectivity index (χ0) is 32.7. The lowest BCUT2D eigenvalue weighted by Crippen LogP contribution is -2.51. The second kappa shape index (κ2) is 13.0. The van der Waals surface area contributed by atoms with Gasteiger partial charge in [-0.25, -0.2) is 4.79 Å². The van der Waals surface area contributed by atoms with E-state index < -0.39 is 5.54 Å². The van der Waals surface area contributed by atoms with Crippen LogP contribution in [0.2, 0.25) is 0 Å². The van der Waals surface area contributed by atoms with Crippen molar-refractivity contribution >= 4 is 28.4 Å². The highest BCUT2D eigenvalue weighted by Gasteiger charge is 2.70. The Morgan fingerprint density at radius 3 is 2.53 bits per heavy atom. The summed E-state index contributed by atoms with van der Waals surface area (Å²) in [5.74, 6) is 0.553. The highest BCUT2D eigenvalue weighted by atomic mass is 16.5. The second-order valence-corrected chi connectivity index (χ2v) is 13.7. The number of likely N-dealkylation sites (tertiary alicyclic amines) is 1. The zero-order valence-electron chi connectivity index (χ0n) is 27.9. The van der Waals surface area contributed by atoms with Crippen LogP contribution in [-0.2, 0) is 16.1 Å². The van der Waals surface area contributed by atoms with Gasteiger partial charge in [-0.1, -0.05) is 49.7 Å². The first kappa shape index (κ1) is 31.7. The van der Waals surface area contributed by atoms with Crippen LogP contribution in [-0.4, -0.2) is 115 Å². The van der Waals surface area contributed by atoms with E-state index in [4.69, 9.17) is 9.47 Å². The van der Waals surface area contributed by atoms with Crippen molar-refractivity contribution in [2.45, 2.75) is 44.3 Å². The minimum atomic E-state index is -0.917. The average molecular weight is 642 g/mol. The molecular weight excluding hydrogens is 594 g/mol. The Labute approximate surface area is 277 Å². The fourth-order valence-electron chi connectivity index (χ4n) is 8.30. The highest BCUT2D eigenvalue weighted by Crippen LogP contribution is 2.56. The maximum absolute atomic E-state index is 14.6. The van der Waals surface area contributed by atoms with E-state index in [9.17, 15) is 14.7 Å². The van der Waals surface area contributed by atoms with Crippen LogP contribution < -0.4 is 9.64 Å². The normalized spacial score (nSPS) is 24.7. The minimum absolute atomic E-state index is 0.00475. The van der Waals surface area contributed by atoms with Gasteiger partial charge in [-0.2, -0.15) is 0 Å². The number of amides is 3. The van der Waals surface area contributed by atoms with Gasteiger partial charge in [-0.15, -0.1) is 0 Å². The molecular formula is C37H47N5O5. The Hall–Kier alpha value is -3.86. The zero-order valence-corrected chi connectivity index (χ0v) is 27.9. The number of morpholine rings is 1. The second-order valence-electron chi connectivity index (χ2n) is 13.7. The van der Waals surface area contributed by atoms with Crippen molar-refractivity contribution in [2.24, 2.45) is 5.92 Å². The van der Waals surface area contributed by atoms with E-state index in [2.05, 4.69) is 58.0 Å². The Morgan fingerprint density at radius 2 is 1.79 bits per heavy atom. The fraction of sp³-hybridized carbons (Fsp3) is 0.514. The van der Waals surface area contributed by atoms with Gasteiger partial charge in [0.1, 0.15) is 5.54 Å². The van der Waals surface area contributed by atoms with Gasteiger partial charge in [-0.05, 0) is 47.6 Å². The molecule has 1 N–H and O–H groups in total. The number of phenols is 1. The summed E-state index contributed by atoms with van der Waals surface area (Å²) in [6.45, 7) is 8.42. The number of anilines is 1. The van der Waals surface area contributed by atoms with Crippen LogP contribution in [0, 0.1) is 5.92 Å². The number of imide groups is 1. The third-order valence-electron chi connectivity index (χ3n) is 10.6. The van der Waals surface area contributed by atoms with Gasteiger partial charge < -0.3 is 24.4 Å². The number of carbonyl (C=O) groups is 2. The number of hydrogen-bond acceptors (Lipinski definition) is 8. The minimum Gasteiger partial charge on any atom is -0.504 e. The van der Waals surface area contributed by atoms with Crippen molar-refractivity contribution in [3.8, 4) is 11.5 Å². The van der Waals surface area contributed by atoms with Gasteiger partial charge in [0.25, 0.3) is 5.91 Å². The molecule has 7 rings (SSSR count). The molecule has 4 aliphatic heterocycles. The van der Waals surface area contributed by atoms with Crippen LogP contribution in [0.15, 0.2) is 54.6 Å². The molecule has 0 aliphatic carbocycles. The predicted molar refractivity (Wildman–Crippen MR) is 182 cm³/mol. The Kier molecular flexibility index (Phi) is 8.76. The Morgan fingerprint density at radius 1 is 1.00 bits per heavy atom. The average Bonchev–Trinajstić information content (AvgIpc) is 3.65. The van der Waals surface area contributed by atoms with E-state index in [1.165, 1.54) is 4.90 Å². The molecule has 0 aromatic heterocycles. The van der Waals surface area contributed by atoms with Crippen molar-refractivity contribution in [1.82, 2.24) is 19.6 Å². The SMILES string of the molecule is CCCCOc1ccc(CN2C[C@H]3CC(c4ccc(N(C)C)c5ccccc45)N4C(=O)N(CCN5CCOCC5)C(=O)[C@@]34C2)cc1O. The van der Waals surface area contributed by atoms with Crippen LogP contribution in [0.25, 0.3) is 10.8 Å². The number of aromatic hydroxyl groups is 1. The molecule has 1 spiro atoms. The molecule has 1 unspecified atom stereocenters. The van der Waals surface area contributed by atoms with Gasteiger partial charge in [0.2, 0.25) is 0 Å². The number of ether oxygens (including phenoxy) is 2. The molecule has 0 bridgehead atoms. The van der Waals surface area contributed by atoms with Gasteiger partial charge in [0.05, 0.1) is 25.9 Å². The first-order chi connectivity index (χ1) is 22.8. The van der Waals surface area contributed by atoms with Gasteiger partial charge in [-0.3, -0.25) is 19.5 Å². The molecule has 10 nitrogen and oxygen atoms in total. The van der Waals surface area contributed by atoms with Crippen molar-refractivity contribution in [1.29, 1.82) is 0 Å². The predicted octanol–water partition coefficient (Wildman–Crippen LogP) is 4.70. The first-order valence-corrected chi connectivity index (χ1v) is 17.1. The van der Waals surface area contributed by atoms with Crippen LogP contribution in [0.1, 0.15) is 43.4 Å². The van der Waals surface area contributed by atoms with E-state index in [-0.39, 0.29) is 29.6 Å². The summed E-state index contributed by atoms with van der Waals surface area (Å²) in [6, 6.07) is 17.9. The molecule has 47 heavy (non-hydrogen) atoms. The van der Waals surface area contributed by atoms with Crippen LogP contribution >= 0.6 is 0 Å². The summed E-state index contributed by atoms with van der Waals surface area (Å²) in [5.41, 5.74) is 2.27. The molecule has 4 aliphatic rings. The monoisotopic (exact) mass is 641 g/mol. The summed E-state index contributed by atoms with van der Waals surface area (Å²) in [5, 5.41) is 13.0. The van der Waals surface area contributed by atoms with E-state index in [1.807, 2.05) is 31.1 Å². The maximum Gasteiger partial charge on any atom is 0.328 e. The van der Waals surface area contributed by atoms with Crippen molar-refractivity contribution in [2.75, 3.05) is 78.1 Å². The third-order valence-corrected chi connectivity index (χ3v) is 10.6. The lowest BCUT2D eigenvalue weighted by Gasteiger charge is -2.32. The van der Waals surface area contributed by atoms with E-state index in [0.717, 1.165) is 59.9 Å². The standard InChI is InChI=1S/C37H47N5O5/c1-4-5-18-47-34-13-10-26(21-33(34)43)23-40-24-27-22-32(30-11-12-31(38(2)3)29-9-7-6-8-28(29)30)42-36(45)41(35(44)37(27,42)25-40)15-14-39-16-19-46-20-17-39/h6-13,21,27,32,43H,4-5,14-20,22-25H2,1-3H3/t27-,32?,37-/m1/s1. The molecule has 0 saturated carbocycles. The molecule has 4 heterocycles. The van der Waals surface area contributed by atoms with Gasteiger partial charge in [0.15, 0.2) is 11.5 Å². The van der Waals surface area contributed by atoms with Gasteiger partial charge >= 0.3 is 6.03 Å². The summed E-state index contributed by atoms with van der Waals surface area (Å²) in [7, 11) is 4.10. The van der Waals surface area contributed by atoms with Gasteiger partial charge in [0, 0.05) is 76.9 Å². The molecule has 4 saturated heterocycles. The van der Waals surface area contributed by atoms with Crippen molar-refractivity contribution < 1.29 is 24.2 Å². The van der Waals surface area contributed by atoms with E-state index >= 15 is 0 Å². The number of unbranched alkanes of at least 4 members (excludes halogenated alkanes) is 1. The van der Waals surface area contributed by atoms with Crippen LogP contribution in [0.4, 0.5) is 10.5 Å². The number of rotatable bonds is 11. The lowest BCUT2D eigenvalue weighted by atomic mass is 9.87. The van der Waals surface area contributed by atoms with E-state index in [1.54, 1.807) is 6.07 Å². The molecule has 3 aromatic carbocycles. The number of nitrogens with zero attached hydrogens (tertiary/aromatic N) is 5. The molecule has 10 heteroatoms. The molecule has 0 radical (unpaired) electrons. The number of benzene rings is 3. The summed E-state index contributed by atoms with van der Waals surface area (Å²) in [6.07, 6.45) is 2.69. The van der Waals surface area contributed by atoms with Crippen LogP contribution in [0.3, 0.4) is 0 Å². The number of carbonyl (C=O) groups excluding carboxylic acids is 2. The molecule has 3 amide bonds. The largest absolute Gasteiger partial charge is 0.504 e. The number of urea groups is 1. The Bertz CT molecular complexity index is 1640. The summed E-state index contributed by atoms with van der Waals surface area (Å²) < 4.78 is 11.3. The molecule has 3 aromatic rings. The lowest BCUT2D eigenvalue weighted by molar-refractivity contribution is -0.133. The quantitative estimate of drug-likeness (QED) is 0.238.